The predicted octanol–water partition coefficient (Wildman–Crippen LogP) is 1.90. The van der Waals surface area contributed by atoms with E-state index in [2.05, 4.69) is 25.3 Å². The summed E-state index contributed by atoms with van der Waals surface area (Å²) in [6, 6.07) is 4.12. The summed E-state index contributed by atoms with van der Waals surface area (Å²) in [5, 5.41) is 6.82. The van der Waals surface area contributed by atoms with Crippen LogP contribution in [0.5, 0.6) is 0 Å². The highest BCUT2D eigenvalue weighted by molar-refractivity contribution is 5.74. The average Bonchev–Trinajstić information content (AvgIpc) is 3.37. The van der Waals surface area contributed by atoms with Gasteiger partial charge in [0.05, 0.1) is 6.54 Å². The van der Waals surface area contributed by atoms with Crippen molar-refractivity contribution in [3.05, 3.63) is 30.4 Å². The van der Waals surface area contributed by atoms with Crippen molar-refractivity contribution in [2.45, 2.75) is 38.3 Å². The van der Waals surface area contributed by atoms with Crippen LogP contribution in [-0.4, -0.2) is 63.2 Å². The highest BCUT2D eigenvalue weighted by atomic mass is 16.5. The first-order valence-corrected chi connectivity index (χ1v) is 9.29. The van der Waals surface area contributed by atoms with E-state index in [1.807, 2.05) is 17.0 Å². The molecule has 4 rings (SSSR count). The number of urea groups is 1. The lowest BCUT2D eigenvalue weighted by atomic mass is 10.1. The van der Waals surface area contributed by atoms with Crippen molar-refractivity contribution >= 4 is 6.03 Å². The summed E-state index contributed by atoms with van der Waals surface area (Å²) in [6.45, 7) is 4.17. The van der Waals surface area contributed by atoms with Gasteiger partial charge in [0.25, 0.3) is 0 Å². The maximum Gasteiger partial charge on any atom is 0.317 e. The number of amides is 2. The van der Waals surface area contributed by atoms with Gasteiger partial charge in [0.15, 0.2) is 0 Å². The van der Waals surface area contributed by atoms with Crippen LogP contribution in [0.3, 0.4) is 0 Å². The predicted molar refractivity (Wildman–Crippen MR) is 95.2 cm³/mol. The van der Waals surface area contributed by atoms with Gasteiger partial charge in [-0.2, -0.15) is 4.98 Å². The minimum absolute atomic E-state index is 0.0642. The number of hydrogen-bond donors (Lipinski definition) is 1. The van der Waals surface area contributed by atoms with Crippen molar-refractivity contribution in [2.24, 2.45) is 0 Å². The van der Waals surface area contributed by atoms with E-state index >= 15 is 0 Å². The van der Waals surface area contributed by atoms with Crippen LogP contribution < -0.4 is 5.32 Å². The van der Waals surface area contributed by atoms with Crippen molar-refractivity contribution in [1.82, 2.24) is 30.2 Å². The molecule has 0 saturated carbocycles. The molecule has 0 radical (unpaired) electrons. The molecule has 2 amide bonds. The lowest BCUT2D eigenvalue weighted by molar-refractivity contribution is 0.161. The van der Waals surface area contributed by atoms with Gasteiger partial charge in [-0.05, 0) is 44.5 Å². The van der Waals surface area contributed by atoms with E-state index in [9.17, 15) is 4.79 Å². The standard InChI is InChI=1S/C18H24N6O2/c25-18(24-10-6-15(13-24)23-8-2-1-3-9-23)20-12-16-21-17(22-26-16)14-5-4-7-19-11-14/h4-5,7,11,15H,1-3,6,8-10,12-13H2,(H,20,25). The SMILES string of the molecule is O=C(NCc1nc(-c2cccnc2)no1)N1CCC(N2CCCCC2)C1. The Morgan fingerprint density at radius 1 is 1.27 bits per heavy atom. The molecule has 0 aromatic carbocycles. The molecule has 8 nitrogen and oxygen atoms in total. The zero-order chi connectivity index (χ0) is 17.8. The Labute approximate surface area is 152 Å². The summed E-state index contributed by atoms with van der Waals surface area (Å²) >= 11 is 0. The van der Waals surface area contributed by atoms with Crippen molar-refractivity contribution < 1.29 is 9.32 Å². The number of pyridine rings is 1. The summed E-state index contributed by atoms with van der Waals surface area (Å²) in [6.07, 6.45) is 8.31. The number of likely N-dealkylation sites (tertiary alicyclic amines) is 2. The lowest BCUT2D eigenvalue weighted by Gasteiger charge is -2.32. The lowest BCUT2D eigenvalue weighted by Crippen LogP contribution is -2.43. The Balaban J connectivity index is 1.27. The van der Waals surface area contributed by atoms with E-state index in [-0.39, 0.29) is 12.6 Å². The van der Waals surface area contributed by atoms with Crippen LogP contribution in [-0.2, 0) is 6.54 Å². The van der Waals surface area contributed by atoms with Gasteiger partial charge in [0.1, 0.15) is 0 Å². The van der Waals surface area contributed by atoms with E-state index in [1.165, 1.54) is 32.4 Å². The van der Waals surface area contributed by atoms with Crippen LogP contribution in [0.2, 0.25) is 0 Å². The Bertz CT molecular complexity index is 728. The van der Waals surface area contributed by atoms with Gasteiger partial charge in [-0.3, -0.25) is 9.88 Å². The van der Waals surface area contributed by atoms with Crippen LogP contribution in [0.4, 0.5) is 4.79 Å². The summed E-state index contributed by atoms with van der Waals surface area (Å²) < 4.78 is 5.22. The maximum atomic E-state index is 12.4. The third-order valence-electron chi connectivity index (χ3n) is 5.14. The van der Waals surface area contributed by atoms with Crippen LogP contribution >= 0.6 is 0 Å². The fourth-order valence-corrected chi connectivity index (χ4v) is 3.71. The van der Waals surface area contributed by atoms with Gasteiger partial charge in [0, 0.05) is 37.1 Å². The second kappa shape index (κ2) is 7.82. The second-order valence-corrected chi connectivity index (χ2v) is 6.90. The Morgan fingerprint density at radius 2 is 2.15 bits per heavy atom. The van der Waals surface area contributed by atoms with Gasteiger partial charge in [-0.15, -0.1) is 0 Å². The molecule has 2 aromatic heterocycles. The molecule has 4 heterocycles. The number of nitrogens with zero attached hydrogens (tertiary/aromatic N) is 5. The summed E-state index contributed by atoms with van der Waals surface area (Å²) in [5.74, 6) is 0.873. The number of piperidine rings is 1. The van der Waals surface area contributed by atoms with E-state index < -0.39 is 0 Å². The van der Waals surface area contributed by atoms with Crippen molar-refractivity contribution in [2.75, 3.05) is 26.2 Å². The monoisotopic (exact) mass is 356 g/mol. The smallest absolute Gasteiger partial charge is 0.317 e. The van der Waals surface area contributed by atoms with Gasteiger partial charge in [-0.1, -0.05) is 11.6 Å². The molecule has 26 heavy (non-hydrogen) atoms. The highest BCUT2D eigenvalue weighted by Gasteiger charge is 2.30. The zero-order valence-corrected chi connectivity index (χ0v) is 14.8. The largest absolute Gasteiger partial charge is 0.337 e. The summed E-state index contributed by atoms with van der Waals surface area (Å²) in [5.41, 5.74) is 0.790. The van der Waals surface area contributed by atoms with Crippen molar-refractivity contribution in [1.29, 1.82) is 0 Å². The molecule has 0 aliphatic carbocycles. The number of carbonyl (C=O) groups excluding carboxylic acids is 1. The number of nitrogens with one attached hydrogen (secondary N) is 1. The molecule has 138 valence electrons. The molecule has 1 atom stereocenters. The van der Waals surface area contributed by atoms with E-state index in [0.717, 1.165) is 25.1 Å². The van der Waals surface area contributed by atoms with Gasteiger partial charge < -0.3 is 14.7 Å². The Kier molecular flexibility index (Phi) is 5.10. The molecular weight excluding hydrogens is 332 g/mol. The van der Waals surface area contributed by atoms with Gasteiger partial charge >= 0.3 is 6.03 Å². The first-order valence-electron chi connectivity index (χ1n) is 9.29. The number of hydrogen-bond acceptors (Lipinski definition) is 6. The minimum atomic E-state index is -0.0642. The van der Waals surface area contributed by atoms with Crippen LogP contribution in [0.25, 0.3) is 11.4 Å². The molecule has 2 saturated heterocycles. The number of aromatic nitrogens is 3. The van der Waals surface area contributed by atoms with Crippen LogP contribution in [0.1, 0.15) is 31.6 Å². The van der Waals surface area contributed by atoms with Crippen molar-refractivity contribution in [3.63, 3.8) is 0 Å². The molecule has 1 N–H and O–H groups in total. The molecule has 2 fully saturated rings. The first-order chi connectivity index (χ1) is 12.8. The van der Waals surface area contributed by atoms with Crippen LogP contribution in [0.15, 0.2) is 29.0 Å². The third kappa shape index (κ3) is 3.85. The molecule has 2 aromatic rings. The normalized spacial score (nSPS) is 21.1. The minimum Gasteiger partial charge on any atom is -0.337 e. The quantitative estimate of drug-likeness (QED) is 0.900. The summed E-state index contributed by atoms with van der Waals surface area (Å²) in [7, 11) is 0. The highest BCUT2D eigenvalue weighted by Crippen LogP contribution is 2.20. The average molecular weight is 356 g/mol. The Hall–Kier alpha value is -2.48. The van der Waals surface area contributed by atoms with Gasteiger partial charge in [-0.25, -0.2) is 4.79 Å². The van der Waals surface area contributed by atoms with E-state index in [4.69, 9.17) is 4.52 Å². The van der Waals surface area contributed by atoms with Gasteiger partial charge in [0.2, 0.25) is 11.7 Å². The fourth-order valence-electron chi connectivity index (χ4n) is 3.71. The van der Waals surface area contributed by atoms with Crippen molar-refractivity contribution in [3.8, 4) is 11.4 Å². The Morgan fingerprint density at radius 3 is 2.96 bits per heavy atom. The topological polar surface area (TPSA) is 87.4 Å². The maximum absolute atomic E-state index is 12.4. The molecule has 1 unspecified atom stereocenters. The zero-order valence-electron chi connectivity index (χ0n) is 14.8. The molecule has 8 heteroatoms. The second-order valence-electron chi connectivity index (χ2n) is 6.90. The number of rotatable bonds is 4. The summed E-state index contributed by atoms with van der Waals surface area (Å²) in [4.78, 5) is 25.2. The molecule has 2 aliphatic heterocycles. The molecule has 0 bridgehead atoms. The van der Waals surface area contributed by atoms with Crippen LogP contribution in [0, 0.1) is 0 Å². The molecular formula is C18H24N6O2. The van der Waals surface area contributed by atoms with E-state index in [0.29, 0.717) is 17.8 Å². The molecule has 2 aliphatic rings. The fraction of sp³-hybridized carbons (Fsp3) is 0.556. The first kappa shape index (κ1) is 17.0. The molecule has 0 spiro atoms. The van der Waals surface area contributed by atoms with E-state index in [1.54, 1.807) is 12.4 Å². The third-order valence-corrected chi connectivity index (χ3v) is 5.14. The number of carbonyl (C=O) groups is 1.